The highest BCUT2D eigenvalue weighted by atomic mass is 16.6. The largest absolute Gasteiger partial charge is 0.370 e. The van der Waals surface area contributed by atoms with E-state index in [0.717, 1.165) is 31.5 Å². The van der Waals surface area contributed by atoms with Gasteiger partial charge in [-0.1, -0.05) is 0 Å². The minimum atomic E-state index is -0.473. The Kier molecular flexibility index (Phi) is 4.14. The third-order valence-electron chi connectivity index (χ3n) is 4.20. The average molecular weight is 318 g/mol. The second-order valence-electron chi connectivity index (χ2n) is 5.77. The Labute approximate surface area is 133 Å². The van der Waals surface area contributed by atoms with Crippen LogP contribution in [0.25, 0.3) is 0 Å². The van der Waals surface area contributed by atoms with Crippen molar-refractivity contribution in [3.8, 4) is 0 Å². The van der Waals surface area contributed by atoms with Crippen molar-refractivity contribution in [1.82, 2.24) is 4.90 Å². The highest BCUT2D eigenvalue weighted by molar-refractivity contribution is 5.95. The molecule has 122 valence electrons. The van der Waals surface area contributed by atoms with Crippen LogP contribution in [0.5, 0.6) is 0 Å². The van der Waals surface area contributed by atoms with Crippen LogP contribution in [-0.4, -0.2) is 41.3 Å². The Morgan fingerprint density at radius 3 is 2.74 bits per heavy atom. The highest BCUT2D eigenvalue weighted by Crippen LogP contribution is 2.34. The molecule has 2 N–H and O–H groups in total. The van der Waals surface area contributed by atoms with Crippen LogP contribution in [0.2, 0.25) is 0 Å². The second kappa shape index (κ2) is 6.23. The zero-order valence-corrected chi connectivity index (χ0v) is 12.6. The molecule has 2 aliphatic rings. The number of anilines is 2. The van der Waals surface area contributed by atoms with Gasteiger partial charge in [0.1, 0.15) is 5.69 Å². The summed E-state index contributed by atoms with van der Waals surface area (Å²) in [4.78, 5) is 36.1. The number of likely N-dealkylation sites (tertiary alicyclic amines) is 1. The number of benzene rings is 1. The third-order valence-corrected chi connectivity index (χ3v) is 4.20. The number of aryl methyl sites for hydroxylation is 1. The lowest BCUT2D eigenvalue weighted by molar-refractivity contribution is -0.384. The molecule has 2 aliphatic heterocycles. The van der Waals surface area contributed by atoms with Crippen LogP contribution >= 0.6 is 0 Å². The molecule has 0 radical (unpaired) electrons. The molecule has 0 bridgehead atoms. The maximum absolute atomic E-state index is 12.1. The van der Waals surface area contributed by atoms with E-state index in [1.165, 1.54) is 6.07 Å². The Balaban J connectivity index is 1.79. The maximum Gasteiger partial charge on any atom is 0.292 e. The van der Waals surface area contributed by atoms with E-state index < -0.39 is 4.92 Å². The number of rotatable bonds is 4. The summed E-state index contributed by atoms with van der Waals surface area (Å²) in [5.74, 6) is -0.177. The molecule has 1 saturated heterocycles. The van der Waals surface area contributed by atoms with Gasteiger partial charge in [0, 0.05) is 31.3 Å². The van der Waals surface area contributed by atoms with Gasteiger partial charge in [-0.15, -0.1) is 0 Å². The standard InChI is InChI=1S/C15H18N4O4/c20-14-4-3-10-7-13(19(22)23)12(8-11(10)17-14)16-9-15(21)18-5-1-2-6-18/h7-8,16H,1-6,9H2,(H,17,20). The number of hydrogen-bond acceptors (Lipinski definition) is 5. The fourth-order valence-corrected chi connectivity index (χ4v) is 2.96. The minimum absolute atomic E-state index is 0.00751. The van der Waals surface area contributed by atoms with Crippen molar-refractivity contribution < 1.29 is 14.5 Å². The van der Waals surface area contributed by atoms with Gasteiger partial charge < -0.3 is 15.5 Å². The zero-order chi connectivity index (χ0) is 16.4. The molecule has 3 rings (SSSR count). The van der Waals surface area contributed by atoms with Gasteiger partial charge in [-0.05, 0) is 30.9 Å². The number of nitrogens with zero attached hydrogens (tertiary/aromatic N) is 2. The molecule has 0 spiro atoms. The van der Waals surface area contributed by atoms with Crippen LogP contribution < -0.4 is 10.6 Å². The van der Waals surface area contributed by atoms with E-state index >= 15 is 0 Å². The van der Waals surface area contributed by atoms with Gasteiger partial charge in [0.2, 0.25) is 11.8 Å². The molecule has 8 nitrogen and oxygen atoms in total. The van der Waals surface area contributed by atoms with Crippen LogP contribution in [0.3, 0.4) is 0 Å². The number of hydrogen-bond donors (Lipinski definition) is 2. The number of nitro groups is 1. The van der Waals surface area contributed by atoms with E-state index in [0.29, 0.717) is 18.5 Å². The molecular weight excluding hydrogens is 300 g/mol. The van der Waals surface area contributed by atoms with Crippen LogP contribution in [0.4, 0.5) is 17.1 Å². The number of nitro benzene ring substituents is 1. The summed E-state index contributed by atoms with van der Waals surface area (Å²) in [6.45, 7) is 1.49. The SMILES string of the molecule is O=C1CCc2cc([N+](=O)[O-])c(NCC(=O)N3CCCC3)cc2N1. The molecule has 0 aromatic heterocycles. The summed E-state index contributed by atoms with van der Waals surface area (Å²) in [5, 5.41) is 16.8. The van der Waals surface area contributed by atoms with Crippen molar-refractivity contribution in [1.29, 1.82) is 0 Å². The number of amides is 2. The van der Waals surface area contributed by atoms with Crippen molar-refractivity contribution in [3.63, 3.8) is 0 Å². The molecule has 2 amide bonds. The van der Waals surface area contributed by atoms with E-state index in [2.05, 4.69) is 10.6 Å². The summed E-state index contributed by atoms with van der Waals surface area (Å²) in [6, 6.07) is 3.01. The summed E-state index contributed by atoms with van der Waals surface area (Å²) in [7, 11) is 0. The van der Waals surface area contributed by atoms with E-state index in [4.69, 9.17) is 0 Å². The van der Waals surface area contributed by atoms with Crippen molar-refractivity contribution in [3.05, 3.63) is 27.8 Å². The van der Waals surface area contributed by atoms with Gasteiger partial charge in [0.15, 0.2) is 0 Å². The first-order valence-corrected chi connectivity index (χ1v) is 7.67. The lowest BCUT2D eigenvalue weighted by Gasteiger charge is -2.19. The Morgan fingerprint density at radius 1 is 1.30 bits per heavy atom. The van der Waals surface area contributed by atoms with Gasteiger partial charge in [0.25, 0.3) is 5.69 Å². The molecule has 0 unspecified atom stereocenters. The number of carbonyl (C=O) groups is 2. The molecular formula is C15H18N4O4. The molecule has 1 aromatic rings. The second-order valence-corrected chi connectivity index (χ2v) is 5.77. The maximum atomic E-state index is 12.1. The molecule has 1 fully saturated rings. The molecule has 8 heteroatoms. The summed E-state index contributed by atoms with van der Waals surface area (Å²) in [6.07, 6.45) is 2.80. The molecule has 0 atom stereocenters. The van der Waals surface area contributed by atoms with Crippen molar-refractivity contribution in [2.75, 3.05) is 30.3 Å². The number of nitrogens with one attached hydrogen (secondary N) is 2. The van der Waals surface area contributed by atoms with Gasteiger partial charge in [-0.2, -0.15) is 0 Å². The third kappa shape index (κ3) is 3.25. The first-order valence-electron chi connectivity index (χ1n) is 7.67. The Morgan fingerprint density at radius 2 is 2.04 bits per heavy atom. The minimum Gasteiger partial charge on any atom is -0.370 e. The van der Waals surface area contributed by atoms with E-state index in [1.54, 1.807) is 11.0 Å². The van der Waals surface area contributed by atoms with Crippen LogP contribution in [0.1, 0.15) is 24.8 Å². The zero-order valence-electron chi connectivity index (χ0n) is 12.6. The van der Waals surface area contributed by atoms with Crippen LogP contribution in [-0.2, 0) is 16.0 Å². The molecule has 1 aromatic carbocycles. The Bertz CT molecular complexity index is 668. The topological polar surface area (TPSA) is 105 Å². The van der Waals surface area contributed by atoms with Gasteiger partial charge >= 0.3 is 0 Å². The average Bonchev–Trinajstić information content (AvgIpc) is 3.05. The van der Waals surface area contributed by atoms with Crippen molar-refractivity contribution >= 4 is 28.9 Å². The predicted molar refractivity (Wildman–Crippen MR) is 84.4 cm³/mol. The van der Waals surface area contributed by atoms with Gasteiger partial charge in [-0.25, -0.2) is 0 Å². The highest BCUT2D eigenvalue weighted by Gasteiger charge is 2.24. The quantitative estimate of drug-likeness (QED) is 0.647. The van der Waals surface area contributed by atoms with Crippen molar-refractivity contribution in [2.45, 2.75) is 25.7 Å². The first-order chi connectivity index (χ1) is 11.0. The predicted octanol–water partition coefficient (Wildman–Crippen LogP) is 1.51. The van der Waals surface area contributed by atoms with Gasteiger partial charge in [-0.3, -0.25) is 19.7 Å². The lowest BCUT2D eigenvalue weighted by atomic mass is 10.0. The van der Waals surface area contributed by atoms with E-state index in [-0.39, 0.29) is 29.7 Å². The fraction of sp³-hybridized carbons (Fsp3) is 0.467. The normalized spacial score (nSPS) is 16.7. The van der Waals surface area contributed by atoms with Crippen LogP contribution in [0, 0.1) is 10.1 Å². The fourth-order valence-electron chi connectivity index (χ4n) is 2.96. The Hall–Kier alpha value is -2.64. The van der Waals surface area contributed by atoms with E-state index in [9.17, 15) is 19.7 Å². The lowest BCUT2D eigenvalue weighted by Crippen LogP contribution is -2.33. The van der Waals surface area contributed by atoms with Crippen molar-refractivity contribution in [2.24, 2.45) is 0 Å². The number of carbonyl (C=O) groups excluding carboxylic acids is 2. The van der Waals surface area contributed by atoms with Crippen LogP contribution in [0.15, 0.2) is 12.1 Å². The monoisotopic (exact) mass is 318 g/mol. The molecule has 0 aliphatic carbocycles. The summed E-state index contributed by atoms with van der Waals surface area (Å²) in [5.41, 5.74) is 1.49. The first kappa shape index (κ1) is 15.3. The summed E-state index contributed by atoms with van der Waals surface area (Å²) < 4.78 is 0. The van der Waals surface area contributed by atoms with Gasteiger partial charge in [0.05, 0.1) is 11.5 Å². The molecule has 23 heavy (non-hydrogen) atoms. The van der Waals surface area contributed by atoms with E-state index in [1.807, 2.05) is 0 Å². The molecule has 2 heterocycles. The summed E-state index contributed by atoms with van der Waals surface area (Å²) >= 11 is 0. The number of fused-ring (bicyclic) bond motifs is 1. The molecule has 0 saturated carbocycles. The smallest absolute Gasteiger partial charge is 0.292 e.